The van der Waals surface area contributed by atoms with Crippen LogP contribution < -0.4 is 5.32 Å². The van der Waals surface area contributed by atoms with E-state index in [1.54, 1.807) is 6.92 Å². The first-order chi connectivity index (χ1) is 8.49. The molecule has 1 amide bonds. The summed E-state index contributed by atoms with van der Waals surface area (Å²) in [6, 6.07) is 5.58. The van der Waals surface area contributed by atoms with Crippen molar-refractivity contribution in [2.45, 2.75) is 13.8 Å². The molecule has 0 unspecified atom stereocenters. The molecule has 0 spiro atoms. The van der Waals surface area contributed by atoms with Crippen LogP contribution in [0.5, 0.6) is 0 Å². The third-order valence-corrected chi connectivity index (χ3v) is 3.68. The molecule has 2 aromatic rings. The fraction of sp³-hybridized carbons (Fsp3) is 0.167. The predicted molar refractivity (Wildman–Crippen MR) is 77.9 cm³/mol. The summed E-state index contributed by atoms with van der Waals surface area (Å²) >= 11 is 6.77. The van der Waals surface area contributed by atoms with Crippen LogP contribution >= 0.6 is 31.9 Å². The second-order valence-electron chi connectivity index (χ2n) is 3.89. The molecule has 0 saturated carbocycles. The Hall–Kier alpha value is -1.14. The quantitative estimate of drug-likeness (QED) is 0.842. The van der Waals surface area contributed by atoms with E-state index in [0.29, 0.717) is 11.3 Å². The van der Waals surface area contributed by atoms with Crippen molar-refractivity contribution in [2.24, 2.45) is 0 Å². The molecule has 18 heavy (non-hydrogen) atoms. The molecule has 1 heterocycles. The summed E-state index contributed by atoms with van der Waals surface area (Å²) < 4.78 is 1.77. The molecule has 1 aromatic carbocycles. The molecule has 2 rings (SSSR count). The summed E-state index contributed by atoms with van der Waals surface area (Å²) in [7, 11) is 0. The summed E-state index contributed by atoms with van der Waals surface area (Å²) in [5.74, 6) is -0.165. The lowest BCUT2D eigenvalue weighted by atomic mass is 10.2. The largest absolute Gasteiger partial charge is 0.321 e. The first-order valence-electron chi connectivity index (χ1n) is 5.27. The van der Waals surface area contributed by atoms with Crippen molar-refractivity contribution < 1.29 is 4.79 Å². The van der Waals surface area contributed by atoms with Crippen molar-refractivity contribution in [3.8, 4) is 0 Å². The van der Waals surface area contributed by atoms with Gasteiger partial charge >= 0.3 is 0 Å². The lowest BCUT2D eigenvalue weighted by molar-refractivity contribution is 0.102. The van der Waals surface area contributed by atoms with E-state index in [-0.39, 0.29) is 5.91 Å². The molecular formula is C12H11Br2N3O. The molecule has 0 aliphatic rings. The predicted octanol–water partition coefficient (Wildman–Crippen LogP) is 3.80. The van der Waals surface area contributed by atoms with Crippen LogP contribution in [0.3, 0.4) is 0 Å². The average molecular weight is 373 g/mol. The van der Waals surface area contributed by atoms with E-state index >= 15 is 0 Å². The Kier molecular flexibility index (Phi) is 3.87. The highest BCUT2D eigenvalue weighted by molar-refractivity contribution is 9.11. The normalized spacial score (nSPS) is 10.4. The molecule has 0 radical (unpaired) electrons. The van der Waals surface area contributed by atoms with Crippen LogP contribution in [-0.4, -0.2) is 16.1 Å². The number of nitrogens with zero attached hydrogens (tertiary/aromatic N) is 1. The number of aryl methyl sites for hydroxylation is 2. The van der Waals surface area contributed by atoms with E-state index in [9.17, 15) is 4.79 Å². The van der Waals surface area contributed by atoms with E-state index in [0.717, 1.165) is 20.3 Å². The van der Waals surface area contributed by atoms with E-state index < -0.39 is 0 Å². The van der Waals surface area contributed by atoms with Crippen LogP contribution in [0.4, 0.5) is 5.69 Å². The minimum atomic E-state index is -0.165. The molecule has 94 valence electrons. The molecule has 0 aliphatic heterocycles. The highest BCUT2D eigenvalue weighted by Crippen LogP contribution is 2.26. The highest BCUT2D eigenvalue weighted by atomic mass is 79.9. The van der Waals surface area contributed by atoms with Crippen molar-refractivity contribution in [1.82, 2.24) is 10.2 Å². The first-order valence-corrected chi connectivity index (χ1v) is 6.85. The average Bonchev–Trinajstić information content (AvgIpc) is 2.62. The number of benzene rings is 1. The van der Waals surface area contributed by atoms with E-state index in [1.807, 2.05) is 25.1 Å². The van der Waals surface area contributed by atoms with Crippen molar-refractivity contribution >= 4 is 43.5 Å². The van der Waals surface area contributed by atoms with Gasteiger partial charge in [0, 0.05) is 14.6 Å². The Balaban J connectivity index is 2.27. The molecule has 0 aliphatic carbocycles. The number of nitrogens with one attached hydrogen (secondary N) is 2. The third-order valence-electron chi connectivity index (χ3n) is 2.53. The maximum Gasteiger partial charge on any atom is 0.259 e. The van der Waals surface area contributed by atoms with E-state index in [1.165, 1.54) is 0 Å². The second-order valence-corrected chi connectivity index (χ2v) is 5.66. The fourth-order valence-corrected chi connectivity index (χ4v) is 2.81. The first kappa shape index (κ1) is 13.3. The number of aromatic nitrogens is 2. The number of hydrogen-bond acceptors (Lipinski definition) is 2. The summed E-state index contributed by atoms with van der Waals surface area (Å²) in [6.07, 6.45) is 0. The molecular weight excluding hydrogens is 362 g/mol. The molecule has 6 heteroatoms. The number of carbonyl (C=O) groups excluding carboxylic acids is 1. The molecule has 0 fully saturated rings. The summed E-state index contributed by atoms with van der Waals surface area (Å²) in [4.78, 5) is 12.2. The summed E-state index contributed by atoms with van der Waals surface area (Å²) in [5.41, 5.74) is 2.77. The van der Waals surface area contributed by atoms with Crippen LogP contribution in [0.1, 0.15) is 21.7 Å². The molecule has 4 nitrogen and oxygen atoms in total. The van der Waals surface area contributed by atoms with Gasteiger partial charge in [-0.3, -0.25) is 9.89 Å². The SMILES string of the molecule is Cc1n[nH]c(C)c1C(=O)Nc1ccc(Br)cc1Br. The smallest absolute Gasteiger partial charge is 0.259 e. The topological polar surface area (TPSA) is 57.8 Å². The Bertz CT molecular complexity index is 588. The van der Waals surface area contributed by atoms with Gasteiger partial charge in [-0.15, -0.1) is 0 Å². The van der Waals surface area contributed by atoms with Gasteiger partial charge in [-0.1, -0.05) is 15.9 Å². The van der Waals surface area contributed by atoms with Crippen LogP contribution in [0, 0.1) is 13.8 Å². The summed E-state index contributed by atoms with van der Waals surface area (Å²) in [6.45, 7) is 3.63. The Morgan fingerprint density at radius 3 is 2.61 bits per heavy atom. The van der Waals surface area contributed by atoms with Crippen LogP contribution in [0.15, 0.2) is 27.1 Å². The van der Waals surface area contributed by atoms with Crippen molar-refractivity contribution in [1.29, 1.82) is 0 Å². The van der Waals surface area contributed by atoms with Crippen molar-refractivity contribution in [3.63, 3.8) is 0 Å². The van der Waals surface area contributed by atoms with E-state index in [2.05, 4.69) is 47.4 Å². The number of H-pyrrole nitrogens is 1. The summed E-state index contributed by atoms with van der Waals surface area (Å²) in [5, 5.41) is 9.66. The Morgan fingerprint density at radius 1 is 1.33 bits per heavy atom. The second kappa shape index (κ2) is 5.24. The number of hydrogen-bond donors (Lipinski definition) is 2. The van der Waals surface area contributed by atoms with Gasteiger partial charge in [0.1, 0.15) is 0 Å². The van der Waals surface area contributed by atoms with Crippen LogP contribution in [0.2, 0.25) is 0 Å². The van der Waals surface area contributed by atoms with Gasteiger partial charge < -0.3 is 5.32 Å². The lowest BCUT2D eigenvalue weighted by Crippen LogP contribution is -2.14. The van der Waals surface area contributed by atoms with Crippen LogP contribution in [-0.2, 0) is 0 Å². The van der Waals surface area contributed by atoms with Gasteiger partial charge in [0.15, 0.2) is 0 Å². The number of carbonyl (C=O) groups is 1. The Morgan fingerprint density at radius 2 is 2.06 bits per heavy atom. The zero-order valence-electron chi connectivity index (χ0n) is 9.84. The highest BCUT2D eigenvalue weighted by Gasteiger charge is 2.16. The minimum Gasteiger partial charge on any atom is -0.321 e. The van der Waals surface area contributed by atoms with Gasteiger partial charge in [0.2, 0.25) is 0 Å². The molecule has 2 N–H and O–H groups in total. The van der Waals surface area contributed by atoms with Crippen LogP contribution in [0.25, 0.3) is 0 Å². The zero-order valence-corrected chi connectivity index (χ0v) is 13.0. The Labute approximate surface area is 121 Å². The van der Waals surface area contributed by atoms with Crippen molar-refractivity contribution in [2.75, 3.05) is 5.32 Å². The number of halogens is 2. The van der Waals surface area contributed by atoms with Gasteiger partial charge in [0.25, 0.3) is 5.91 Å². The van der Waals surface area contributed by atoms with Gasteiger partial charge in [-0.2, -0.15) is 5.10 Å². The monoisotopic (exact) mass is 371 g/mol. The van der Waals surface area contributed by atoms with E-state index in [4.69, 9.17) is 0 Å². The molecule has 0 saturated heterocycles. The molecule has 1 aromatic heterocycles. The number of aromatic amines is 1. The number of rotatable bonds is 2. The molecule has 0 bridgehead atoms. The number of amides is 1. The molecule has 0 atom stereocenters. The fourth-order valence-electron chi connectivity index (χ4n) is 1.66. The standard InChI is InChI=1S/C12H11Br2N3O/c1-6-11(7(2)17-16-6)12(18)15-10-4-3-8(13)5-9(10)14/h3-5H,1-2H3,(H,15,18)(H,16,17). The maximum atomic E-state index is 12.2. The zero-order chi connectivity index (χ0) is 13.3. The maximum absolute atomic E-state index is 12.2. The van der Waals surface area contributed by atoms with Gasteiger partial charge in [-0.05, 0) is 48.0 Å². The van der Waals surface area contributed by atoms with Gasteiger partial charge in [-0.25, -0.2) is 0 Å². The minimum absolute atomic E-state index is 0.165. The van der Waals surface area contributed by atoms with Gasteiger partial charge in [0.05, 0.1) is 16.9 Å². The lowest BCUT2D eigenvalue weighted by Gasteiger charge is -2.07. The van der Waals surface area contributed by atoms with Crippen molar-refractivity contribution in [3.05, 3.63) is 44.1 Å². The third kappa shape index (κ3) is 2.64. The number of anilines is 1.